The molecule has 106 valence electrons. The Morgan fingerprint density at radius 1 is 1.37 bits per heavy atom. The number of likely N-dealkylation sites (N-methyl/N-ethyl adjacent to an activating group) is 1. The standard InChI is InChI=1S/C13H16ClF3N2/c1-18-10-3-2-6-19(8-10)12-5-4-9(14)7-11(12)13(15,16)17/h4-5,7,10,18H,2-3,6,8H2,1H3. The van der Waals surface area contributed by atoms with Gasteiger partial charge < -0.3 is 10.2 Å². The molecule has 1 N–H and O–H groups in total. The summed E-state index contributed by atoms with van der Waals surface area (Å²) < 4.78 is 39.2. The Morgan fingerprint density at radius 2 is 2.11 bits per heavy atom. The molecule has 1 aromatic rings. The molecule has 2 nitrogen and oxygen atoms in total. The van der Waals surface area contributed by atoms with E-state index >= 15 is 0 Å². The lowest BCUT2D eigenvalue weighted by Gasteiger charge is -2.35. The summed E-state index contributed by atoms with van der Waals surface area (Å²) in [4.78, 5) is 1.78. The van der Waals surface area contributed by atoms with Crippen LogP contribution in [0.2, 0.25) is 5.02 Å². The summed E-state index contributed by atoms with van der Waals surface area (Å²) in [6.07, 6.45) is -2.51. The van der Waals surface area contributed by atoms with E-state index in [4.69, 9.17) is 11.6 Å². The predicted molar refractivity (Wildman–Crippen MR) is 70.7 cm³/mol. The van der Waals surface area contributed by atoms with Crippen LogP contribution in [-0.2, 0) is 6.18 Å². The average molecular weight is 293 g/mol. The normalized spacial score (nSPS) is 20.7. The molecule has 1 saturated heterocycles. The highest BCUT2D eigenvalue weighted by Gasteiger charge is 2.36. The van der Waals surface area contributed by atoms with Crippen molar-refractivity contribution in [1.82, 2.24) is 5.32 Å². The summed E-state index contributed by atoms with van der Waals surface area (Å²) in [5.74, 6) is 0. The van der Waals surface area contributed by atoms with E-state index in [0.29, 0.717) is 13.1 Å². The van der Waals surface area contributed by atoms with E-state index in [-0.39, 0.29) is 16.8 Å². The smallest absolute Gasteiger partial charge is 0.369 e. The van der Waals surface area contributed by atoms with E-state index in [1.54, 1.807) is 4.90 Å². The van der Waals surface area contributed by atoms with Crippen molar-refractivity contribution in [3.8, 4) is 0 Å². The van der Waals surface area contributed by atoms with E-state index in [0.717, 1.165) is 18.9 Å². The van der Waals surface area contributed by atoms with Gasteiger partial charge in [-0.15, -0.1) is 0 Å². The molecule has 1 heterocycles. The summed E-state index contributed by atoms with van der Waals surface area (Å²) in [6, 6.07) is 4.20. The van der Waals surface area contributed by atoms with E-state index in [9.17, 15) is 13.2 Å². The van der Waals surface area contributed by atoms with Crippen LogP contribution in [0.3, 0.4) is 0 Å². The van der Waals surface area contributed by atoms with Crippen molar-refractivity contribution in [3.63, 3.8) is 0 Å². The molecule has 0 saturated carbocycles. The fourth-order valence-electron chi connectivity index (χ4n) is 2.44. The van der Waals surface area contributed by atoms with Gasteiger partial charge in [0, 0.05) is 29.8 Å². The molecule has 0 bridgehead atoms. The summed E-state index contributed by atoms with van der Waals surface area (Å²) in [5.41, 5.74) is -0.436. The van der Waals surface area contributed by atoms with Gasteiger partial charge in [-0.3, -0.25) is 0 Å². The van der Waals surface area contributed by atoms with Gasteiger partial charge >= 0.3 is 6.18 Å². The third kappa shape index (κ3) is 3.34. The van der Waals surface area contributed by atoms with Crippen molar-refractivity contribution in [2.45, 2.75) is 25.1 Å². The maximum Gasteiger partial charge on any atom is 0.418 e. The van der Waals surface area contributed by atoms with Gasteiger partial charge in [0.2, 0.25) is 0 Å². The Bertz CT molecular complexity index is 448. The zero-order valence-electron chi connectivity index (χ0n) is 10.6. The number of hydrogen-bond acceptors (Lipinski definition) is 2. The minimum Gasteiger partial charge on any atom is -0.369 e. The molecule has 0 aliphatic carbocycles. The van der Waals surface area contributed by atoms with Crippen LogP contribution in [0.4, 0.5) is 18.9 Å². The second-order valence-corrected chi connectivity index (χ2v) is 5.17. The monoisotopic (exact) mass is 292 g/mol. The number of piperidine rings is 1. The van der Waals surface area contributed by atoms with Crippen molar-refractivity contribution < 1.29 is 13.2 Å². The average Bonchev–Trinajstić information content (AvgIpc) is 2.37. The number of nitrogens with one attached hydrogen (secondary N) is 1. The van der Waals surface area contributed by atoms with Crippen LogP contribution < -0.4 is 10.2 Å². The zero-order chi connectivity index (χ0) is 14.0. The predicted octanol–water partition coefficient (Wildman–Crippen LogP) is 3.55. The molecule has 1 unspecified atom stereocenters. The zero-order valence-corrected chi connectivity index (χ0v) is 11.4. The van der Waals surface area contributed by atoms with E-state index in [2.05, 4.69) is 5.32 Å². The number of benzene rings is 1. The van der Waals surface area contributed by atoms with E-state index in [1.165, 1.54) is 12.1 Å². The van der Waals surface area contributed by atoms with Crippen LogP contribution in [-0.4, -0.2) is 26.2 Å². The third-order valence-electron chi connectivity index (χ3n) is 3.43. The van der Waals surface area contributed by atoms with Crippen molar-refractivity contribution in [1.29, 1.82) is 0 Å². The van der Waals surface area contributed by atoms with Crippen LogP contribution in [0, 0.1) is 0 Å². The second kappa shape index (κ2) is 5.59. The van der Waals surface area contributed by atoms with Crippen LogP contribution in [0.15, 0.2) is 18.2 Å². The number of alkyl halides is 3. The maximum atomic E-state index is 13.1. The maximum absolute atomic E-state index is 13.1. The van der Waals surface area contributed by atoms with Gasteiger partial charge in [0.15, 0.2) is 0 Å². The molecular formula is C13H16ClF3N2. The number of halogens is 4. The molecule has 1 aliphatic rings. The highest BCUT2D eigenvalue weighted by Crippen LogP contribution is 2.38. The van der Waals surface area contributed by atoms with Gasteiger partial charge in [-0.25, -0.2) is 0 Å². The first-order valence-corrected chi connectivity index (χ1v) is 6.58. The van der Waals surface area contributed by atoms with Gasteiger partial charge in [0.25, 0.3) is 0 Å². The molecule has 0 amide bonds. The van der Waals surface area contributed by atoms with E-state index in [1.807, 2.05) is 7.05 Å². The Morgan fingerprint density at radius 3 is 2.74 bits per heavy atom. The van der Waals surface area contributed by atoms with Crippen molar-refractivity contribution in [3.05, 3.63) is 28.8 Å². The Balaban J connectivity index is 2.33. The molecule has 1 aliphatic heterocycles. The lowest BCUT2D eigenvalue weighted by molar-refractivity contribution is -0.137. The number of anilines is 1. The van der Waals surface area contributed by atoms with Crippen LogP contribution in [0.25, 0.3) is 0 Å². The molecule has 1 fully saturated rings. The fourth-order valence-corrected chi connectivity index (χ4v) is 2.61. The molecule has 6 heteroatoms. The van der Waals surface area contributed by atoms with E-state index < -0.39 is 11.7 Å². The molecular weight excluding hydrogens is 277 g/mol. The second-order valence-electron chi connectivity index (χ2n) is 4.73. The molecule has 0 spiro atoms. The third-order valence-corrected chi connectivity index (χ3v) is 3.67. The summed E-state index contributed by atoms with van der Waals surface area (Å²) in [5, 5.41) is 3.23. The van der Waals surface area contributed by atoms with Gasteiger partial charge in [-0.1, -0.05) is 11.6 Å². The number of hydrogen-bond donors (Lipinski definition) is 1. The fraction of sp³-hybridized carbons (Fsp3) is 0.538. The molecule has 0 aromatic heterocycles. The van der Waals surface area contributed by atoms with Crippen LogP contribution >= 0.6 is 11.6 Å². The molecule has 1 atom stereocenters. The minimum atomic E-state index is -4.38. The highest BCUT2D eigenvalue weighted by molar-refractivity contribution is 6.30. The lowest BCUT2D eigenvalue weighted by atomic mass is 10.0. The lowest BCUT2D eigenvalue weighted by Crippen LogP contribution is -2.45. The number of rotatable bonds is 2. The summed E-state index contributed by atoms with van der Waals surface area (Å²) in [7, 11) is 1.83. The minimum absolute atomic E-state index is 0.109. The first-order chi connectivity index (χ1) is 8.91. The highest BCUT2D eigenvalue weighted by atomic mass is 35.5. The van der Waals surface area contributed by atoms with Crippen LogP contribution in [0.5, 0.6) is 0 Å². The topological polar surface area (TPSA) is 15.3 Å². The van der Waals surface area contributed by atoms with Crippen molar-refractivity contribution in [2.24, 2.45) is 0 Å². The molecule has 1 aromatic carbocycles. The van der Waals surface area contributed by atoms with Gasteiger partial charge in [0.1, 0.15) is 0 Å². The first kappa shape index (κ1) is 14.5. The van der Waals surface area contributed by atoms with Crippen molar-refractivity contribution >= 4 is 17.3 Å². The quantitative estimate of drug-likeness (QED) is 0.897. The van der Waals surface area contributed by atoms with Gasteiger partial charge in [0.05, 0.1) is 5.56 Å². The van der Waals surface area contributed by atoms with Gasteiger partial charge in [-0.05, 0) is 38.1 Å². The summed E-state index contributed by atoms with van der Waals surface area (Å²) >= 11 is 5.69. The Kier molecular flexibility index (Phi) is 4.26. The summed E-state index contributed by atoms with van der Waals surface area (Å²) in [6.45, 7) is 1.23. The number of nitrogens with zero attached hydrogens (tertiary/aromatic N) is 1. The Hall–Kier alpha value is -0.940. The molecule has 19 heavy (non-hydrogen) atoms. The molecule has 0 radical (unpaired) electrons. The Labute approximate surface area is 115 Å². The van der Waals surface area contributed by atoms with Crippen molar-refractivity contribution in [2.75, 3.05) is 25.0 Å². The SMILES string of the molecule is CNC1CCCN(c2ccc(Cl)cc2C(F)(F)F)C1. The van der Waals surface area contributed by atoms with Crippen LogP contribution in [0.1, 0.15) is 18.4 Å². The first-order valence-electron chi connectivity index (χ1n) is 6.21. The molecule has 2 rings (SSSR count). The largest absolute Gasteiger partial charge is 0.418 e. The van der Waals surface area contributed by atoms with Gasteiger partial charge in [-0.2, -0.15) is 13.2 Å².